The van der Waals surface area contributed by atoms with Gasteiger partial charge in [0.2, 0.25) is 5.91 Å². The van der Waals surface area contributed by atoms with Crippen LogP contribution in [0.1, 0.15) is 17.5 Å². The molecule has 3 heterocycles. The topological polar surface area (TPSA) is 84.1 Å². The molecule has 0 saturated heterocycles. The first-order valence-corrected chi connectivity index (χ1v) is 9.64. The molecule has 1 aliphatic heterocycles. The first kappa shape index (κ1) is 18.7. The number of fused-ring (bicyclic) bond motifs is 1. The Morgan fingerprint density at radius 3 is 2.62 bits per heavy atom. The normalized spacial score (nSPS) is 12.8. The number of nitrogens with zero attached hydrogens (tertiary/aromatic N) is 3. The Labute approximate surface area is 170 Å². The van der Waals surface area contributed by atoms with Crippen LogP contribution >= 0.6 is 0 Å². The van der Waals surface area contributed by atoms with Crippen molar-refractivity contribution >= 4 is 23.2 Å². The number of nitrogens with one attached hydrogen (secondary N) is 1. The van der Waals surface area contributed by atoms with E-state index in [0.717, 1.165) is 41.4 Å². The lowest BCUT2D eigenvalue weighted by atomic mass is 9.99. The van der Waals surface area contributed by atoms with E-state index in [0.29, 0.717) is 6.42 Å². The second kappa shape index (κ2) is 8.56. The third-order valence-electron chi connectivity index (χ3n) is 4.83. The zero-order chi connectivity index (χ0) is 20.1. The van der Waals surface area contributed by atoms with E-state index in [1.54, 1.807) is 12.4 Å². The Bertz CT molecular complexity index is 1010. The van der Waals surface area contributed by atoms with Crippen molar-refractivity contribution in [2.24, 2.45) is 5.73 Å². The number of anilines is 3. The van der Waals surface area contributed by atoms with Crippen molar-refractivity contribution in [2.75, 3.05) is 16.8 Å². The predicted molar refractivity (Wildman–Crippen MR) is 115 cm³/mol. The molecule has 0 fully saturated rings. The van der Waals surface area contributed by atoms with Crippen molar-refractivity contribution < 1.29 is 4.79 Å². The maximum absolute atomic E-state index is 11.4. The molecule has 0 bridgehead atoms. The summed E-state index contributed by atoms with van der Waals surface area (Å²) in [4.78, 5) is 22.3. The van der Waals surface area contributed by atoms with Crippen molar-refractivity contribution in [1.29, 1.82) is 0 Å². The standard InChI is InChI=1S/C23H23N5O/c24-21(29)15-18-14-19-4-3-12-27-23(19)28(16-18)20-8-6-17(7-9-20)10-13-26-22-5-1-2-11-25-22/h1-9,11-12,16H,10,13-15H2,(H2,24,29)(H,25,26). The van der Waals surface area contributed by atoms with Gasteiger partial charge in [0.05, 0.1) is 0 Å². The quantitative estimate of drug-likeness (QED) is 0.649. The van der Waals surface area contributed by atoms with Gasteiger partial charge in [0.1, 0.15) is 11.6 Å². The van der Waals surface area contributed by atoms with Crippen molar-refractivity contribution in [3.8, 4) is 0 Å². The van der Waals surface area contributed by atoms with E-state index < -0.39 is 0 Å². The van der Waals surface area contributed by atoms with Crippen LogP contribution in [0.5, 0.6) is 0 Å². The van der Waals surface area contributed by atoms with Gasteiger partial charge in [-0.15, -0.1) is 0 Å². The van der Waals surface area contributed by atoms with Gasteiger partial charge in [-0.2, -0.15) is 0 Å². The Balaban J connectivity index is 1.48. The molecule has 4 rings (SSSR count). The van der Waals surface area contributed by atoms with Gasteiger partial charge >= 0.3 is 0 Å². The summed E-state index contributed by atoms with van der Waals surface area (Å²) in [7, 11) is 0. The molecule has 0 radical (unpaired) electrons. The van der Waals surface area contributed by atoms with E-state index in [4.69, 9.17) is 5.73 Å². The predicted octanol–water partition coefficient (Wildman–Crippen LogP) is 3.58. The summed E-state index contributed by atoms with van der Waals surface area (Å²) in [6, 6.07) is 18.2. The molecule has 0 unspecified atom stereocenters. The van der Waals surface area contributed by atoms with Crippen LogP contribution in [0.4, 0.5) is 17.3 Å². The minimum absolute atomic E-state index is 0.252. The summed E-state index contributed by atoms with van der Waals surface area (Å²) in [6.45, 7) is 0.813. The lowest BCUT2D eigenvalue weighted by Gasteiger charge is -2.28. The Morgan fingerprint density at radius 2 is 1.86 bits per heavy atom. The fourth-order valence-electron chi connectivity index (χ4n) is 3.47. The van der Waals surface area contributed by atoms with Crippen molar-refractivity contribution in [1.82, 2.24) is 9.97 Å². The molecule has 3 N–H and O–H groups in total. The van der Waals surface area contributed by atoms with Gasteiger partial charge in [0.25, 0.3) is 0 Å². The Morgan fingerprint density at radius 1 is 1.03 bits per heavy atom. The minimum Gasteiger partial charge on any atom is -0.370 e. The molecule has 3 aromatic rings. The molecule has 1 aromatic carbocycles. The Hall–Kier alpha value is -3.67. The number of pyridine rings is 2. The van der Waals surface area contributed by atoms with E-state index in [1.807, 2.05) is 41.4 Å². The van der Waals surface area contributed by atoms with Gasteiger partial charge in [-0.25, -0.2) is 9.97 Å². The maximum Gasteiger partial charge on any atom is 0.221 e. The van der Waals surface area contributed by atoms with Crippen LogP contribution in [0.3, 0.4) is 0 Å². The van der Waals surface area contributed by atoms with Crippen molar-refractivity contribution in [2.45, 2.75) is 19.3 Å². The van der Waals surface area contributed by atoms with Crippen molar-refractivity contribution in [3.05, 3.63) is 89.9 Å². The SMILES string of the molecule is NC(=O)CC1=CN(c2ccc(CCNc3ccccn3)cc2)c2ncccc2C1. The number of benzene rings is 1. The second-order valence-corrected chi connectivity index (χ2v) is 7.02. The highest BCUT2D eigenvalue weighted by Gasteiger charge is 2.20. The molecule has 2 aromatic heterocycles. The number of aromatic nitrogens is 2. The summed E-state index contributed by atoms with van der Waals surface area (Å²) in [5.41, 5.74) is 9.73. The molecular weight excluding hydrogens is 362 g/mol. The van der Waals surface area contributed by atoms with Crippen LogP contribution < -0.4 is 16.0 Å². The van der Waals surface area contributed by atoms with Gasteiger partial charge in [0.15, 0.2) is 0 Å². The maximum atomic E-state index is 11.4. The van der Waals surface area contributed by atoms with Crippen LogP contribution in [-0.4, -0.2) is 22.4 Å². The highest BCUT2D eigenvalue weighted by Crippen LogP contribution is 2.34. The summed E-state index contributed by atoms with van der Waals surface area (Å²) in [5, 5.41) is 3.32. The number of hydrogen-bond acceptors (Lipinski definition) is 5. The zero-order valence-corrected chi connectivity index (χ0v) is 16.1. The van der Waals surface area contributed by atoms with E-state index >= 15 is 0 Å². The third kappa shape index (κ3) is 4.60. The first-order valence-electron chi connectivity index (χ1n) is 9.64. The summed E-state index contributed by atoms with van der Waals surface area (Å²) < 4.78 is 0. The minimum atomic E-state index is -0.320. The van der Waals surface area contributed by atoms with Gasteiger partial charge in [0, 0.05) is 37.2 Å². The third-order valence-corrected chi connectivity index (χ3v) is 4.83. The van der Waals surface area contributed by atoms with E-state index in [2.05, 4.69) is 39.6 Å². The molecule has 0 aliphatic carbocycles. The number of nitrogens with two attached hydrogens (primary N) is 1. The van der Waals surface area contributed by atoms with Gasteiger partial charge in [-0.3, -0.25) is 4.79 Å². The highest BCUT2D eigenvalue weighted by atomic mass is 16.1. The largest absolute Gasteiger partial charge is 0.370 e. The van der Waals surface area contributed by atoms with Crippen LogP contribution in [0.25, 0.3) is 0 Å². The number of amides is 1. The van der Waals surface area contributed by atoms with Gasteiger partial charge in [-0.05, 0) is 59.9 Å². The molecule has 6 heteroatoms. The molecule has 0 saturated carbocycles. The highest BCUT2D eigenvalue weighted by molar-refractivity contribution is 5.78. The summed E-state index contributed by atoms with van der Waals surface area (Å²) in [5.74, 6) is 1.46. The van der Waals surface area contributed by atoms with Crippen LogP contribution in [-0.2, 0) is 17.6 Å². The molecule has 0 atom stereocenters. The molecule has 1 aliphatic rings. The number of hydrogen-bond donors (Lipinski definition) is 2. The molecule has 1 amide bonds. The van der Waals surface area contributed by atoms with E-state index in [1.165, 1.54) is 5.56 Å². The van der Waals surface area contributed by atoms with Crippen LogP contribution in [0, 0.1) is 0 Å². The summed E-state index contributed by atoms with van der Waals surface area (Å²) >= 11 is 0. The number of rotatable bonds is 7. The van der Waals surface area contributed by atoms with Crippen LogP contribution in [0.15, 0.2) is 78.8 Å². The van der Waals surface area contributed by atoms with Gasteiger partial charge in [-0.1, -0.05) is 24.3 Å². The average Bonchev–Trinajstić information content (AvgIpc) is 2.74. The van der Waals surface area contributed by atoms with E-state index in [9.17, 15) is 4.79 Å². The lowest BCUT2D eigenvalue weighted by molar-refractivity contribution is -0.117. The molecule has 29 heavy (non-hydrogen) atoms. The smallest absolute Gasteiger partial charge is 0.221 e. The van der Waals surface area contributed by atoms with Crippen LogP contribution in [0.2, 0.25) is 0 Å². The number of carbonyl (C=O) groups is 1. The van der Waals surface area contributed by atoms with Crippen molar-refractivity contribution in [3.63, 3.8) is 0 Å². The monoisotopic (exact) mass is 385 g/mol. The number of primary amides is 1. The first-order chi connectivity index (χ1) is 14.2. The molecular formula is C23H23N5O. The fourth-order valence-corrected chi connectivity index (χ4v) is 3.47. The lowest BCUT2D eigenvalue weighted by Crippen LogP contribution is -2.21. The molecule has 6 nitrogen and oxygen atoms in total. The number of carbonyl (C=O) groups excluding carboxylic acids is 1. The average molecular weight is 385 g/mol. The van der Waals surface area contributed by atoms with Gasteiger partial charge < -0.3 is 16.0 Å². The fraction of sp³-hybridized carbons (Fsp3) is 0.174. The summed E-state index contributed by atoms with van der Waals surface area (Å²) in [6.07, 6.45) is 7.40. The molecule has 146 valence electrons. The van der Waals surface area contributed by atoms with E-state index in [-0.39, 0.29) is 12.3 Å². The zero-order valence-electron chi connectivity index (χ0n) is 16.1. The molecule has 0 spiro atoms. The second-order valence-electron chi connectivity index (χ2n) is 7.02. The Kier molecular flexibility index (Phi) is 5.52.